The minimum atomic E-state index is -2.92. The normalized spacial score (nSPS) is 26.0. The molecule has 5 rings (SSSR count). The maximum Gasteiger partial charge on any atom is 0.290 e. The number of aromatic nitrogens is 2. The van der Waals surface area contributed by atoms with Crippen molar-refractivity contribution in [1.29, 1.82) is 0 Å². The van der Waals surface area contributed by atoms with E-state index in [1.807, 2.05) is 34.1 Å². The van der Waals surface area contributed by atoms with Crippen molar-refractivity contribution in [1.82, 2.24) is 20.2 Å². The van der Waals surface area contributed by atoms with Crippen LogP contribution >= 0.6 is 11.6 Å². The number of hydrogen-bond acceptors (Lipinski definition) is 5. The number of piperazine rings is 1. The minimum absolute atomic E-state index is 0.0134. The summed E-state index contributed by atoms with van der Waals surface area (Å²) in [4.78, 5) is 26.1. The van der Waals surface area contributed by atoms with Gasteiger partial charge in [0.25, 0.3) is 5.92 Å². The Morgan fingerprint density at radius 2 is 1.83 bits per heavy atom. The molecule has 6 nitrogen and oxygen atoms in total. The highest BCUT2D eigenvalue weighted by Gasteiger charge is 2.47. The molecule has 1 aromatic carbocycles. The van der Waals surface area contributed by atoms with E-state index in [1.165, 1.54) is 6.33 Å². The van der Waals surface area contributed by atoms with Crippen molar-refractivity contribution in [2.24, 2.45) is 0 Å². The van der Waals surface area contributed by atoms with Gasteiger partial charge < -0.3 is 15.1 Å². The van der Waals surface area contributed by atoms with Crippen LogP contribution in [0.1, 0.15) is 68.7 Å². The quantitative estimate of drug-likeness (QED) is 0.655. The van der Waals surface area contributed by atoms with Crippen molar-refractivity contribution >= 4 is 23.3 Å². The molecule has 0 bridgehead atoms. The molecular formula is C26H32ClF2N5O. The van der Waals surface area contributed by atoms with Crippen LogP contribution in [0, 0.1) is 0 Å². The van der Waals surface area contributed by atoms with Gasteiger partial charge >= 0.3 is 0 Å². The van der Waals surface area contributed by atoms with Crippen LogP contribution in [-0.4, -0.2) is 58.5 Å². The average Bonchev–Trinajstić information content (AvgIpc) is 3.30. The van der Waals surface area contributed by atoms with Crippen LogP contribution in [0.4, 0.5) is 14.6 Å². The average molecular weight is 504 g/mol. The summed E-state index contributed by atoms with van der Waals surface area (Å²) in [7, 11) is 0. The number of benzene rings is 1. The summed E-state index contributed by atoms with van der Waals surface area (Å²) in [6.45, 7) is 8.26. The van der Waals surface area contributed by atoms with E-state index < -0.39 is 5.92 Å². The third-order valence-electron chi connectivity index (χ3n) is 7.71. The maximum absolute atomic E-state index is 14.4. The highest BCUT2D eigenvalue weighted by Crippen LogP contribution is 2.49. The predicted octanol–water partition coefficient (Wildman–Crippen LogP) is 4.69. The van der Waals surface area contributed by atoms with Gasteiger partial charge in [0.2, 0.25) is 5.91 Å². The first-order chi connectivity index (χ1) is 16.6. The first kappa shape index (κ1) is 24.4. The number of hydrogen-bond donors (Lipinski definition) is 1. The molecule has 1 amide bonds. The molecule has 0 radical (unpaired) electrons. The number of alkyl halides is 2. The monoisotopic (exact) mass is 503 g/mol. The van der Waals surface area contributed by atoms with Gasteiger partial charge in [-0.25, -0.2) is 9.97 Å². The molecule has 0 saturated carbocycles. The molecule has 2 fully saturated rings. The van der Waals surface area contributed by atoms with Gasteiger partial charge in [-0.1, -0.05) is 30.7 Å². The Hall–Kier alpha value is -2.32. The van der Waals surface area contributed by atoms with E-state index in [9.17, 15) is 13.6 Å². The van der Waals surface area contributed by atoms with Crippen molar-refractivity contribution in [2.75, 3.05) is 31.1 Å². The number of fused-ring (bicyclic) bond motifs is 1. The second-order valence-electron chi connectivity index (χ2n) is 10.8. The molecule has 3 heterocycles. The fourth-order valence-electron chi connectivity index (χ4n) is 5.93. The number of carbonyl (C=O) groups excluding carboxylic acids is 1. The minimum Gasteiger partial charge on any atom is -0.353 e. The van der Waals surface area contributed by atoms with Crippen LogP contribution in [0.3, 0.4) is 0 Å². The second kappa shape index (κ2) is 8.96. The van der Waals surface area contributed by atoms with E-state index in [4.69, 9.17) is 11.6 Å². The number of nitrogens with one attached hydrogen (secondary N) is 1. The summed E-state index contributed by atoms with van der Waals surface area (Å²) >= 11 is 6.12. The molecule has 1 aliphatic carbocycles. The summed E-state index contributed by atoms with van der Waals surface area (Å²) in [5.74, 6) is -2.85. The summed E-state index contributed by atoms with van der Waals surface area (Å²) in [6, 6.07) is 7.61. The van der Waals surface area contributed by atoms with Gasteiger partial charge in [-0.15, -0.1) is 0 Å². The number of amides is 1. The summed E-state index contributed by atoms with van der Waals surface area (Å²) in [5.41, 5.74) is 1.35. The fourth-order valence-corrected chi connectivity index (χ4v) is 6.06. The topological polar surface area (TPSA) is 61.4 Å². The molecule has 188 valence electrons. The molecule has 2 aliphatic heterocycles. The zero-order chi connectivity index (χ0) is 25.0. The summed E-state index contributed by atoms with van der Waals surface area (Å²) < 4.78 is 28.8. The largest absolute Gasteiger partial charge is 0.353 e. The zero-order valence-electron chi connectivity index (χ0n) is 20.4. The van der Waals surface area contributed by atoms with Gasteiger partial charge in [0.1, 0.15) is 17.8 Å². The first-order valence-corrected chi connectivity index (χ1v) is 12.7. The number of rotatable bonds is 4. The Morgan fingerprint density at radius 1 is 1.14 bits per heavy atom. The van der Waals surface area contributed by atoms with Gasteiger partial charge in [0.15, 0.2) is 0 Å². The number of anilines is 1. The lowest BCUT2D eigenvalue weighted by Gasteiger charge is -2.39. The molecule has 3 atom stereocenters. The molecule has 35 heavy (non-hydrogen) atoms. The maximum atomic E-state index is 14.4. The Balaban J connectivity index is 1.34. The van der Waals surface area contributed by atoms with Crippen LogP contribution in [0.25, 0.3) is 0 Å². The number of halogens is 3. The second-order valence-corrected chi connectivity index (χ2v) is 11.2. The van der Waals surface area contributed by atoms with Crippen LogP contribution in [0.2, 0.25) is 5.02 Å². The first-order valence-electron chi connectivity index (χ1n) is 12.4. The van der Waals surface area contributed by atoms with Crippen molar-refractivity contribution in [2.45, 2.75) is 69.4 Å². The van der Waals surface area contributed by atoms with E-state index in [0.717, 1.165) is 18.4 Å². The van der Waals surface area contributed by atoms with Crippen molar-refractivity contribution in [3.05, 3.63) is 52.4 Å². The number of carbonyl (C=O) groups is 1. The zero-order valence-corrected chi connectivity index (χ0v) is 21.2. The van der Waals surface area contributed by atoms with Crippen LogP contribution in [0.15, 0.2) is 30.6 Å². The van der Waals surface area contributed by atoms with E-state index in [1.54, 1.807) is 6.92 Å². The van der Waals surface area contributed by atoms with Gasteiger partial charge in [0.05, 0.1) is 5.92 Å². The van der Waals surface area contributed by atoms with Gasteiger partial charge in [-0.2, -0.15) is 8.78 Å². The lowest BCUT2D eigenvalue weighted by molar-refractivity contribution is -0.133. The smallest absolute Gasteiger partial charge is 0.290 e. The van der Waals surface area contributed by atoms with E-state index >= 15 is 0 Å². The molecular weight excluding hydrogens is 472 g/mol. The molecule has 9 heteroatoms. The van der Waals surface area contributed by atoms with Crippen LogP contribution in [0.5, 0.6) is 0 Å². The highest BCUT2D eigenvalue weighted by atomic mass is 35.5. The fraction of sp³-hybridized carbons (Fsp3) is 0.577. The Morgan fingerprint density at radius 3 is 2.46 bits per heavy atom. The Bertz CT molecular complexity index is 1100. The van der Waals surface area contributed by atoms with Gasteiger partial charge in [-0.3, -0.25) is 4.79 Å². The predicted molar refractivity (Wildman–Crippen MR) is 132 cm³/mol. The van der Waals surface area contributed by atoms with Crippen LogP contribution < -0.4 is 10.2 Å². The van der Waals surface area contributed by atoms with Crippen molar-refractivity contribution in [3.8, 4) is 0 Å². The lowest BCUT2D eigenvalue weighted by Crippen LogP contribution is -2.53. The third kappa shape index (κ3) is 4.62. The van der Waals surface area contributed by atoms with Gasteiger partial charge in [0, 0.05) is 54.8 Å². The molecule has 0 spiro atoms. The third-order valence-corrected chi connectivity index (χ3v) is 7.96. The molecule has 2 aromatic rings. The summed E-state index contributed by atoms with van der Waals surface area (Å²) in [5, 5.41) is 4.30. The Kier molecular flexibility index (Phi) is 6.24. The lowest BCUT2D eigenvalue weighted by atomic mass is 9.88. The van der Waals surface area contributed by atoms with Crippen molar-refractivity contribution in [3.63, 3.8) is 0 Å². The van der Waals surface area contributed by atoms with Gasteiger partial charge in [-0.05, 0) is 50.3 Å². The van der Waals surface area contributed by atoms with E-state index in [-0.39, 0.29) is 41.4 Å². The molecule has 1 aromatic heterocycles. The van der Waals surface area contributed by atoms with Crippen LogP contribution in [-0.2, 0) is 10.7 Å². The molecule has 3 aliphatic rings. The molecule has 2 saturated heterocycles. The molecule has 1 N–H and O–H groups in total. The Labute approximate surface area is 210 Å². The number of nitrogens with zero attached hydrogens (tertiary/aromatic N) is 4. The van der Waals surface area contributed by atoms with Crippen molar-refractivity contribution < 1.29 is 13.6 Å². The summed E-state index contributed by atoms with van der Waals surface area (Å²) in [6.07, 6.45) is 2.93. The SMILES string of the molecule is CC1CC(F)(F)c2ncnc(N3CCN(C(=O)[C@@H](c4ccc(Cl)cc4)[C@@H]4CCC(C)(C)N4)CC3)c21. The highest BCUT2D eigenvalue weighted by molar-refractivity contribution is 6.30. The standard InChI is InChI=1S/C26H32ClF2N5O/c1-16-14-26(28,29)22-20(16)23(31-15-30-22)33-10-12-34(13-11-33)24(35)21(17-4-6-18(27)7-5-17)19-8-9-25(2,3)32-19/h4-7,15-16,19,21,32H,8-14H2,1-3H3/t16?,19-,21-/m0/s1. The molecule has 1 unspecified atom stereocenters. The van der Waals surface area contributed by atoms with E-state index in [2.05, 4.69) is 29.1 Å². The van der Waals surface area contributed by atoms with E-state index in [0.29, 0.717) is 42.6 Å².